The third kappa shape index (κ3) is 4.97. The highest BCUT2D eigenvalue weighted by atomic mass is 32.1. The van der Waals surface area contributed by atoms with Crippen molar-refractivity contribution in [3.8, 4) is 5.75 Å². The van der Waals surface area contributed by atoms with Gasteiger partial charge in [-0.25, -0.2) is 0 Å². The van der Waals surface area contributed by atoms with Gasteiger partial charge in [-0.2, -0.15) is 0 Å². The molecule has 1 fully saturated rings. The minimum Gasteiger partial charge on any atom is -0.493 e. The third-order valence-corrected chi connectivity index (χ3v) is 4.43. The Morgan fingerprint density at radius 2 is 2.24 bits per heavy atom. The molecule has 1 saturated heterocycles. The molecule has 2 rings (SSSR count). The summed E-state index contributed by atoms with van der Waals surface area (Å²) in [5.41, 5.74) is 6.54. The first kappa shape index (κ1) is 16.2. The van der Waals surface area contributed by atoms with E-state index in [0.29, 0.717) is 11.6 Å². The van der Waals surface area contributed by atoms with Gasteiger partial charge in [0.2, 0.25) is 0 Å². The van der Waals surface area contributed by atoms with Gasteiger partial charge < -0.3 is 15.4 Å². The molecule has 0 saturated carbocycles. The van der Waals surface area contributed by atoms with Crippen LogP contribution in [0.15, 0.2) is 24.3 Å². The Balaban J connectivity index is 1.74. The quantitative estimate of drug-likeness (QED) is 0.620. The molecule has 0 amide bonds. The Labute approximate surface area is 133 Å². The van der Waals surface area contributed by atoms with Gasteiger partial charge in [0.15, 0.2) is 0 Å². The van der Waals surface area contributed by atoms with Crippen LogP contribution in [0.5, 0.6) is 5.75 Å². The van der Waals surface area contributed by atoms with E-state index in [4.69, 9.17) is 22.7 Å². The Hall–Kier alpha value is -1.13. The van der Waals surface area contributed by atoms with E-state index in [1.54, 1.807) is 0 Å². The monoisotopic (exact) mass is 306 g/mol. The largest absolute Gasteiger partial charge is 0.493 e. The summed E-state index contributed by atoms with van der Waals surface area (Å²) in [6.07, 6.45) is 5.07. The lowest BCUT2D eigenvalue weighted by molar-refractivity contribution is 0.160. The second kappa shape index (κ2) is 8.35. The fourth-order valence-electron chi connectivity index (χ4n) is 2.95. The van der Waals surface area contributed by atoms with E-state index in [0.717, 1.165) is 30.2 Å². The van der Waals surface area contributed by atoms with Gasteiger partial charge in [-0.1, -0.05) is 37.7 Å². The molecule has 0 spiro atoms. The predicted octanol–water partition coefficient (Wildman–Crippen LogP) is 3.21. The fraction of sp³-hybridized carbons (Fsp3) is 0.588. The SMILES string of the molecule is CCC1CCCN(CCCOc2ccccc2C(N)=S)C1. The van der Waals surface area contributed by atoms with Gasteiger partial charge in [0.25, 0.3) is 0 Å². The van der Waals surface area contributed by atoms with Crippen molar-refractivity contribution in [2.24, 2.45) is 11.7 Å². The van der Waals surface area contributed by atoms with E-state index in [1.807, 2.05) is 24.3 Å². The number of nitrogens with zero attached hydrogens (tertiary/aromatic N) is 1. The van der Waals surface area contributed by atoms with Crippen molar-refractivity contribution in [2.45, 2.75) is 32.6 Å². The Morgan fingerprint density at radius 3 is 3.00 bits per heavy atom. The molecule has 1 heterocycles. The fourth-order valence-corrected chi connectivity index (χ4v) is 3.12. The first-order valence-electron chi connectivity index (χ1n) is 7.94. The summed E-state index contributed by atoms with van der Waals surface area (Å²) in [6.45, 7) is 6.61. The Bertz CT molecular complexity index is 464. The molecule has 21 heavy (non-hydrogen) atoms. The summed E-state index contributed by atoms with van der Waals surface area (Å²) in [5, 5.41) is 0. The molecule has 1 aliphatic heterocycles. The number of ether oxygens (including phenoxy) is 1. The Kier molecular flexibility index (Phi) is 6.46. The molecule has 116 valence electrons. The highest BCUT2D eigenvalue weighted by Crippen LogP contribution is 2.20. The first-order valence-corrected chi connectivity index (χ1v) is 8.35. The maximum Gasteiger partial charge on any atom is 0.129 e. The number of para-hydroxylation sites is 1. The van der Waals surface area contributed by atoms with E-state index in [1.165, 1.54) is 32.4 Å². The van der Waals surface area contributed by atoms with Crippen molar-refractivity contribution < 1.29 is 4.74 Å². The van der Waals surface area contributed by atoms with E-state index in [2.05, 4.69) is 11.8 Å². The van der Waals surface area contributed by atoms with Crippen LogP contribution < -0.4 is 10.5 Å². The van der Waals surface area contributed by atoms with Crippen molar-refractivity contribution >= 4 is 17.2 Å². The van der Waals surface area contributed by atoms with Crippen LogP contribution in [0.4, 0.5) is 0 Å². The molecular weight excluding hydrogens is 280 g/mol. The van der Waals surface area contributed by atoms with Gasteiger partial charge in [0, 0.05) is 13.1 Å². The van der Waals surface area contributed by atoms with Gasteiger partial charge in [-0.05, 0) is 43.9 Å². The van der Waals surface area contributed by atoms with E-state index in [9.17, 15) is 0 Å². The van der Waals surface area contributed by atoms with Crippen LogP contribution in [0, 0.1) is 5.92 Å². The van der Waals surface area contributed by atoms with Crippen LogP contribution in [0.3, 0.4) is 0 Å². The maximum absolute atomic E-state index is 5.85. The van der Waals surface area contributed by atoms with E-state index in [-0.39, 0.29) is 0 Å². The number of nitrogens with two attached hydrogens (primary N) is 1. The Morgan fingerprint density at radius 1 is 1.43 bits per heavy atom. The molecule has 0 aliphatic carbocycles. The predicted molar refractivity (Wildman–Crippen MR) is 91.9 cm³/mol. The van der Waals surface area contributed by atoms with Gasteiger partial charge in [-0.3, -0.25) is 0 Å². The second-order valence-electron chi connectivity index (χ2n) is 5.78. The number of hydrogen-bond donors (Lipinski definition) is 1. The summed E-state index contributed by atoms with van der Waals surface area (Å²) in [5.74, 6) is 1.69. The maximum atomic E-state index is 5.85. The zero-order valence-corrected chi connectivity index (χ0v) is 13.7. The lowest BCUT2D eigenvalue weighted by atomic mass is 9.96. The summed E-state index contributed by atoms with van der Waals surface area (Å²) in [6, 6.07) is 7.73. The smallest absolute Gasteiger partial charge is 0.129 e. The van der Waals surface area contributed by atoms with Crippen LogP contribution in [0.2, 0.25) is 0 Å². The van der Waals surface area contributed by atoms with E-state index < -0.39 is 0 Å². The van der Waals surface area contributed by atoms with Crippen LogP contribution >= 0.6 is 12.2 Å². The summed E-state index contributed by atoms with van der Waals surface area (Å²) >= 11 is 5.05. The van der Waals surface area contributed by atoms with Gasteiger partial charge in [0.05, 0.1) is 12.2 Å². The highest BCUT2D eigenvalue weighted by molar-refractivity contribution is 7.80. The molecule has 1 aromatic carbocycles. The zero-order chi connectivity index (χ0) is 15.1. The molecular formula is C17H26N2OS. The van der Waals surface area contributed by atoms with Crippen LogP contribution in [0.25, 0.3) is 0 Å². The molecule has 1 aliphatic rings. The van der Waals surface area contributed by atoms with Gasteiger partial charge >= 0.3 is 0 Å². The van der Waals surface area contributed by atoms with Crippen LogP contribution in [0.1, 0.15) is 38.2 Å². The highest BCUT2D eigenvalue weighted by Gasteiger charge is 2.17. The number of piperidine rings is 1. The summed E-state index contributed by atoms with van der Waals surface area (Å²) < 4.78 is 5.85. The topological polar surface area (TPSA) is 38.5 Å². The standard InChI is InChI=1S/C17H26N2OS/c1-2-14-7-5-10-19(13-14)11-6-12-20-16-9-4-3-8-15(16)17(18)21/h3-4,8-9,14H,2,5-7,10-13H2,1H3,(H2,18,21). The number of benzene rings is 1. The van der Waals surface area contributed by atoms with Crippen molar-refractivity contribution in [1.29, 1.82) is 0 Å². The van der Waals surface area contributed by atoms with Crippen LogP contribution in [-0.4, -0.2) is 36.1 Å². The van der Waals surface area contributed by atoms with Crippen LogP contribution in [-0.2, 0) is 0 Å². The average molecular weight is 306 g/mol. The number of thiocarbonyl (C=S) groups is 1. The molecule has 1 unspecified atom stereocenters. The van der Waals surface area contributed by atoms with Crippen molar-refractivity contribution in [1.82, 2.24) is 4.90 Å². The lowest BCUT2D eigenvalue weighted by Crippen LogP contribution is -2.36. The molecule has 0 bridgehead atoms. The average Bonchev–Trinajstić information content (AvgIpc) is 2.52. The lowest BCUT2D eigenvalue weighted by Gasteiger charge is -2.32. The number of hydrogen-bond acceptors (Lipinski definition) is 3. The first-order chi connectivity index (χ1) is 10.2. The van der Waals surface area contributed by atoms with Crippen molar-refractivity contribution in [3.63, 3.8) is 0 Å². The van der Waals surface area contributed by atoms with Crippen molar-refractivity contribution in [2.75, 3.05) is 26.2 Å². The molecule has 1 aromatic rings. The number of likely N-dealkylation sites (tertiary alicyclic amines) is 1. The molecule has 0 aromatic heterocycles. The molecule has 1 atom stereocenters. The minimum absolute atomic E-state index is 0.396. The second-order valence-corrected chi connectivity index (χ2v) is 6.22. The minimum atomic E-state index is 0.396. The van der Waals surface area contributed by atoms with E-state index >= 15 is 0 Å². The third-order valence-electron chi connectivity index (χ3n) is 4.21. The summed E-state index contributed by atoms with van der Waals surface area (Å²) in [4.78, 5) is 2.97. The normalized spacial score (nSPS) is 19.4. The summed E-state index contributed by atoms with van der Waals surface area (Å²) in [7, 11) is 0. The van der Waals surface area contributed by atoms with Gasteiger partial charge in [-0.15, -0.1) is 0 Å². The zero-order valence-electron chi connectivity index (χ0n) is 12.9. The molecule has 0 radical (unpaired) electrons. The number of rotatable bonds is 7. The molecule has 2 N–H and O–H groups in total. The van der Waals surface area contributed by atoms with Crippen molar-refractivity contribution in [3.05, 3.63) is 29.8 Å². The van der Waals surface area contributed by atoms with Gasteiger partial charge in [0.1, 0.15) is 10.7 Å². The molecule has 4 heteroatoms. The molecule has 3 nitrogen and oxygen atoms in total.